The van der Waals surface area contributed by atoms with E-state index in [4.69, 9.17) is 8.83 Å². The molecule has 0 aliphatic heterocycles. The van der Waals surface area contributed by atoms with Crippen LogP contribution in [0.3, 0.4) is 0 Å². The van der Waals surface area contributed by atoms with Gasteiger partial charge in [-0.05, 0) is 125 Å². The smallest absolute Gasteiger partial charge is 0.147 e. The fourth-order valence-corrected chi connectivity index (χ4v) is 9.41. The molecule has 0 saturated heterocycles. The van der Waals surface area contributed by atoms with E-state index in [0.29, 0.717) is 0 Å². The van der Waals surface area contributed by atoms with Gasteiger partial charge in [-0.15, -0.1) is 0 Å². The maximum atomic E-state index is 6.44. The summed E-state index contributed by atoms with van der Waals surface area (Å²) in [6.45, 7) is 4.74. The van der Waals surface area contributed by atoms with Crippen LogP contribution in [0.2, 0.25) is 0 Å². The van der Waals surface area contributed by atoms with Crippen LogP contribution in [0.1, 0.15) is 25.0 Å². The van der Waals surface area contributed by atoms with Crippen LogP contribution in [0.4, 0.5) is 0 Å². The molecule has 0 N–H and O–H groups in total. The third-order valence-corrected chi connectivity index (χ3v) is 12.1. The van der Waals surface area contributed by atoms with Gasteiger partial charge in [-0.2, -0.15) is 0 Å². The number of rotatable bonds is 2. The van der Waals surface area contributed by atoms with Crippen molar-refractivity contribution < 1.29 is 8.83 Å². The molecule has 2 aromatic heterocycles. The van der Waals surface area contributed by atoms with Gasteiger partial charge >= 0.3 is 0 Å². The van der Waals surface area contributed by atoms with Crippen LogP contribution in [0, 0.1) is 0 Å². The average molecular weight is 677 g/mol. The van der Waals surface area contributed by atoms with E-state index < -0.39 is 0 Å². The van der Waals surface area contributed by atoms with Crippen LogP contribution >= 0.6 is 0 Å². The van der Waals surface area contributed by atoms with E-state index in [1.54, 1.807) is 0 Å². The number of para-hydroxylation sites is 1. The van der Waals surface area contributed by atoms with E-state index in [1.807, 2.05) is 12.1 Å². The molecule has 2 nitrogen and oxygen atoms in total. The van der Waals surface area contributed by atoms with Crippen molar-refractivity contribution in [1.29, 1.82) is 0 Å². The molecule has 9 aromatic carbocycles. The van der Waals surface area contributed by atoms with Crippen molar-refractivity contribution in [2.45, 2.75) is 19.3 Å². The zero-order chi connectivity index (χ0) is 35.0. The Morgan fingerprint density at radius 1 is 0.340 bits per heavy atom. The first kappa shape index (κ1) is 29.0. The number of furan rings is 2. The predicted molar refractivity (Wildman–Crippen MR) is 222 cm³/mol. The van der Waals surface area contributed by atoms with Crippen molar-refractivity contribution in [3.05, 3.63) is 169 Å². The summed E-state index contributed by atoms with van der Waals surface area (Å²) in [7, 11) is 0. The Morgan fingerprint density at radius 3 is 1.45 bits per heavy atom. The number of benzene rings is 9. The SMILES string of the molecule is CC1(C)c2cc(-c3ccc4c5ccccc5c5ccccc5c4c3)ccc2-c2ccc(-c3ccc4oc5ccc6c7ccccc7oc6c5c4c3)cc21. The molecule has 248 valence electrons. The predicted octanol–water partition coefficient (Wildman–Crippen LogP) is 14.6. The van der Waals surface area contributed by atoms with Crippen LogP contribution in [0.15, 0.2) is 167 Å². The molecule has 0 radical (unpaired) electrons. The minimum Gasteiger partial charge on any atom is -0.456 e. The van der Waals surface area contributed by atoms with Crippen molar-refractivity contribution >= 4 is 76.2 Å². The minimum absolute atomic E-state index is 0.163. The van der Waals surface area contributed by atoms with E-state index in [1.165, 1.54) is 76.8 Å². The Hall–Kier alpha value is -6.64. The Labute approximate surface area is 305 Å². The summed E-state index contributed by atoms with van der Waals surface area (Å²) < 4.78 is 12.8. The van der Waals surface area contributed by atoms with Gasteiger partial charge in [0.2, 0.25) is 0 Å². The molecule has 53 heavy (non-hydrogen) atoms. The first-order valence-electron chi connectivity index (χ1n) is 18.4. The molecule has 0 unspecified atom stereocenters. The lowest BCUT2D eigenvalue weighted by Crippen LogP contribution is -2.15. The maximum absolute atomic E-state index is 6.44. The fourth-order valence-electron chi connectivity index (χ4n) is 9.41. The lowest BCUT2D eigenvalue weighted by molar-refractivity contribution is 0.660. The molecule has 11 aromatic rings. The minimum atomic E-state index is -0.163. The molecular weight excluding hydrogens is 645 g/mol. The first-order chi connectivity index (χ1) is 26.0. The highest BCUT2D eigenvalue weighted by Gasteiger charge is 2.36. The van der Waals surface area contributed by atoms with E-state index in [-0.39, 0.29) is 5.41 Å². The quantitative estimate of drug-likeness (QED) is 0.170. The molecular formula is C51H32O2. The van der Waals surface area contributed by atoms with Crippen LogP contribution in [0.5, 0.6) is 0 Å². The Bertz CT molecular complexity index is 3330. The van der Waals surface area contributed by atoms with E-state index >= 15 is 0 Å². The monoisotopic (exact) mass is 676 g/mol. The van der Waals surface area contributed by atoms with E-state index in [2.05, 4.69) is 159 Å². The van der Waals surface area contributed by atoms with Crippen molar-refractivity contribution in [3.63, 3.8) is 0 Å². The number of fused-ring (bicyclic) bond motifs is 16. The van der Waals surface area contributed by atoms with Gasteiger partial charge in [-0.25, -0.2) is 0 Å². The fraction of sp³-hybridized carbons (Fsp3) is 0.0588. The Morgan fingerprint density at radius 2 is 0.792 bits per heavy atom. The molecule has 0 spiro atoms. The summed E-state index contributed by atoms with van der Waals surface area (Å²) in [5.41, 5.74) is 13.5. The van der Waals surface area contributed by atoms with Crippen LogP contribution in [-0.2, 0) is 5.41 Å². The van der Waals surface area contributed by atoms with Crippen molar-refractivity contribution in [1.82, 2.24) is 0 Å². The molecule has 0 saturated carbocycles. The average Bonchev–Trinajstić information content (AvgIpc) is 3.84. The number of hydrogen-bond donors (Lipinski definition) is 0. The van der Waals surface area contributed by atoms with Gasteiger partial charge < -0.3 is 8.83 Å². The second-order valence-corrected chi connectivity index (χ2v) is 15.2. The topological polar surface area (TPSA) is 26.3 Å². The molecule has 1 aliphatic carbocycles. The van der Waals surface area contributed by atoms with Crippen molar-refractivity contribution in [2.24, 2.45) is 0 Å². The van der Waals surface area contributed by atoms with Gasteiger partial charge in [-0.3, -0.25) is 0 Å². The van der Waals surface area contributed by atoms with Gasteiger partial charge in [0.05, 0.1) is 5.39 Å². The third kappa shape index (κ3) is 3.93. The second-order valence-electron chi connectivity index (χ2n) is 15.2. The molecule has 2 heterocycles. The summed E-state index contributed by atoms with van der Waals surface area (Å²) in [5.74, 6) is 0. The first-order valence-corrected chi connectivity index (χ1v) is 18.4. The molecule has 0 amide bonds. The second kappa shape index (κ2) is 10.2. The molecule has 0 bridgehead atoms. The van der Waals surface area contributed by atoms with Gasteiger partial charge in [0.15, 0.2) is 0 Å². The van der Waals surface area contributed by atoms with Gasteiger partial charge in [0.1, 0.15) is 22.3 Å². The Balaban J connectivity index is 0.969. The molecule has 12 rings (SSSR count). The standard InChI is InChI=1S/C51H32O2/c1-51(2)44-27-31(29-15-19-37-35-11-4-3-9-33(35)34-10-5-6-12-36(34)42(37)25-29)16-20-38(44)39-21-17-32(28-45(39)51)30-18-23-47-43(26-30)49-48(52-47)24-22-41-40-13-7-8-14-46(40)53-50(41)49/h3-28H,1-2H3. The maximum Gasteiger partial charge on any atom is 0.147 e. The number of hydrogen-bond acceptors (Lipinski definition) is 2. The summed E-state index contributed by atoms with van der Waals surface area (Å²) in [6, 6.07) is 57.7. The van der Waals surface area contributed by atoms with E-state index in [9.17, 15) is 0 Å². The summed E-state index contributed by atoms with van der Waals surface area (Å²) in [4.78, 5) is 0. The van der Waals surface area contributed by atoms with Gasteiger partial charge in [0.25, 0.3) is 0 Å². The summed E-state index contributed by atoms with van der Waals surface area (Å²) >= 11 is 0. The zero-order valence-corrected chi connectivity index (χ0v) is 29.3. The highest BCUT2D eigenvalue weighted by molar-refractivity contribution is 6.26. The normalized spacial score (nSPS) is 13.6. The van der Waals surface area contributed by atoms with Gasteiger partial charge in [-0.1, -0.05) is 123 Å². The van der Waals surface area contributed by atoms with E-state index in [0.717, 1.165) is 43.9 Å². The zero-order valence-electron chi connectivity index (χ0n) is 29.3. The van der Waals surface area contributed by atoms with Gasteiger partial charge in [0, 0.05) is 21.6 Å². The summed E-state index contributed by atoms with van der Waals surface area (Å²) in [6.07, 6.45) is 0. The van der Waals surface area contributed by atoms with Crippen molar-refractivity contribution in [2.75, 3.05) is 0 Å². The highest BCUT2D eigenvalue weighted by Crippen LogP contribution is 2.51. The van der Waals surface area contributed by atoms with Crippen LogP contribution in [-0.4, -0.2) is 0 Å². The largest absolute Gasteiger partial charge is 0.456 e. The summed E-state index contributed by atoms with van der Waals surface area (Å²) in [5, 5.41) is 12.2. The lowest BCUT2D eigenvalue weighted by Gasteiger charge is -2.23. The molecule has 2 heteroatoms. The molecule has 1 aliphatic rings. The van der Waals surface area contributed by atoms with Crippen molar-refractivity contribution in [3.8, 4) is 33.4 Å². The van der Waals surface area contributed by atoms with Crippen LogP contribution < -0.4 is 0 Å². The Kier molecular flexibility index (Phi) is 5.60. The highest BCUT2D eigenvalue weighted by atomic mass is 16.3. The molecule has 0 fully saturated rings. The van der Waals surface area contributed by atoms with Crippen LogP contribution in [0.25, 0.3) is 110 Å². The lowest BCUT2D eigenvalue weighted by atomic mass is 9.80. The third-order valence-electron chi connectivity index (χ3n) is 12.1. The molecule has 0 atom stereocenters.